The molecule has 1 saturated heterocycles. The van der Waals surface area contributed by atoms with E-state index < -0.39 is 26.8 Å². The van der Waals surface area contributed by atoms with Crippen molar-refractivity contribution in [1.82, 2.24) is 14.5 Å². The zero-order valence-electron chi connectivity index (χ0n) is 34.9. The summed E-state index contributed by atoms with van der Waals surface area (Å²) in [5.41, 5.74) is 2.89. The molecule has 1 N–H and O–H groups in total. The minimum Gasteiger partial charge on any atom is -0.490 e. The molecule has 2 aliphatic carbocycles. The number of piperazine rings is 1. The van der Waals surface area contributed by atoms with Crippen molar-refractivity contribution in [2.24, 2.45) is 11.8 Å². The molecule has 0 bridgehead atoms. The van der Waals surface area contributed by atoms with Crippen LogP contribution in [0.4, 0.5) is 5.69 Å². The lowest BCUT2D eigenvalue weighted by molar-refractivity contribution is -0.114. The van der Waals surface area contributed by atoms with Crippen LogP contribution in [0.1, 0.15) is 81.3 Å². The number of rotatable bonds is 17. The van der Waals surface area contributed by atoms with E-state index >= 15 is 0 Å². The minimum absolute atomic E-state index is 0.234. The van der Waals surface area contributed by atoms with Crippen molar-refractivity contribution in [2.45, 2.75) is 88.5 Å². The lowest BCUT2D eigenvalue weighted by atomic mass is 9.63. The number of anilines is 1. The molecule has 2 aromatic rings. The van der Waals surface area contributed by atoms with Crippen molar-refractivity contribution in [3.05, 3.63) is 70.3 Å². The van der Waals surface area contributed by atoms with Crippen LogP contribution in [0.3, 0.4) is 0 Å². The van der Waals surface area contributed by atoms with Crippen LogP contribution < -0.4 is 14.4 Å². The number of nitrogens with zero attached hydrogens (tertiary/aromatic N) is 3. The van der Waals surface area contributed by atoms with Crippen LogP contribution in [0.5, 0.6) is 5.75 Å². The zero-order valence-corrected chi connectivity index (χ0v) is 36.5. The molecule has 57 heavy (non-hydrogen) atoms. The summed E-state index contributed by atoms with van der Waals surface area (Å²) in [6, 6.07) is 11.8. The molecule has 0 unspecified atom stereocenters. The van der Waals surface area contributed by atoms with Gasteiger partial charge in [-0.1, -0.05) is 36.7 Å². The van der Waals surface area contributed by atoms with Crippen LogP contribution in [-0.4, -0.2) is 127 Å². The second kappa shape index (κ2) is 19.1. The predicted molar refractivity (Wildman–Crippen MR) is 227 cm³/mol. The summed E-state index contributed by atoms with van der Waals surface area (Å²) in [5, 5.41) is 0.000220. The fourth-order valence-electron chi connectivity index (χ4n) is 9.64. The molecule has 2 fully saturated rings. The van der Waals surface area contributed by atoms with Crippen molar-refractivity contribution < 1.29 is 32.2 Å². The summed E-state index contributed by atoms with van der Waals surface area (Å²) < 4.78 is 52.5. The van der Waals surface area contributed by atoms with E-state index in [1.165, 1.54) is 11.1 Å². The van der Waals surface area contributed by atoms with Gasteiger partial charge in [-0.15, -0.1) is 0 Å². The predicted octanol–water partition coefficient (Wildman–Crippen LogP) is 6.33. The Morgan fingerprint density at radius 2 is 1.82 bits per heavy atom. The maximum Gasteiger partial charge on any atom is 0.264 e. The largest absolute Gasteiger partial charge is 0.490 e. The minimum atomic E-state index is -3.82. The molecule has 2 aromatic carbocycles. The molecule has 13 heteroatoms. The second-order valence-electron chi connectivity index (χ2n) is 16.8. The molecule has 6 rings (SSSR count). The molecule has 316 valence electrons. The van der Waals surface area contributed by atoms with E-state index in [1.807, 2.05) is 18.2 Å². The molecular weight excluding hydrogens is 764 g/mol. The van der Waals surface area contributed by atoms with Gasteiger partial charge in [0.15, 0.2) is 0 Å². The normalized spacial score (nSPS) is 24.2. The third-order valence-corrected chi connectivity index (χ3v) is 14.8. The summed E-state index contributed by atoms with van der Waals surface area (Å²) in [6.45, 7) is 15.8. The van der Waals surface area contributed by atoms with Gasteiger partial charge in [0.05, 0.1) is 36.8 Å². The summed E-state index contributed by atoms with van der Waals surface area (Å²) in [7, 11) is -0.313. The Bertz CT molecular complexity index is 1810. The number of hydrogen-bond donors (Lipinski definition) is 1. The molecular formula is C44H65ClN4O7S. The highest BCUT2D eigenvalue weighted by atomic mass is 35.5. The van der Waals surface area contributed by atoms with E-state index in [9.17, 15) is 13.2 Å². The SMILES string of the molecule is CC/C=C/[C@](CN1CCN(C(COC)COC)CC1)(OCC)[C@@H]1CC[C@H]1CN1C[C@@]2(CCCc3cc(Cl)ccc32)COc2ccc(C(=O)NS(=O)(=O)C(C)C)cc21. The summed E-state index contributed by atoms with van der Waals surface area (Å²) >= 11 is 6.53. The highest BCUT2D eigenvalue weighted by molar-refractivity contribution is 7.90. The Morgan fingerprint density at radius 3 is 2.47 bits per heavy atom. The number of sulfonamides is 1. The molecule has 1 amide bonds. The van der Waals surface area contributed by atoms with E-state index in [-0.39, 0.29) is 22.9 Å². The Morgan fingerprint density at radius 1 is 1.07 bits per heavy atom. The van der Waals surface area contributed by atoms with Gasteiger partial charge < -0.3 is 23.8 Å². The molecule has 2 heterocycles. The van der Waals surface area contributed by atoms with Crippen LogP contribution in [0, 0.1) is 11.8 Å². The van der Waals surface area contributed by atoms with Gasteiger partial charge in [-0.2, -0.15) is 0 Å². The van der Waals surface area contributed by atoms with E-state index in [0.717, 1.165) is 88.5 Å². The van der Waals surface area contributed by atoms with E-state index in [2.05, 4.69) is 57.6 Å². The number of amides is 1. The molecule has 4 atom stereocenters. The number of aryl methyl sites for hydroxylation is 1. The first-order valence-corrected chi connectivity index (χ1v) is 22.9. The average Bonchev–Trinajstić information content (AvgIpc) is 3.32. The number of nitrogens with one attached hydrogen (secondary N) is 1. The Kier molecular flexibility index (Phi) is 14.7. The number of fused-ring (bicyclic) bond motifs is 3. The highest BCUT2D eigenvalue weighted by Crippen LogP contribution is 2.49. The van der Waals surface area contributed by atoms with Gasteiger partial charge in [-0.25, -0.2) is 13.1 Å². The molecule has 1 spiro atoms. The first-order chi connectivity index (χ1) is 27.4. The maximum atomic E-state index is 13.5. The number of ether oxygens (including phenoxy) is 4. The first-order valence-electron chi connectivity index (χ1n) is 21.0. The fraction of sp³-hybridized carbons (Fsp3) is 0.659. The highest BCUT2D eigenvalue weighted by Gasteiger charge is 2.50. The first kappa shape index (κ1) is 43.9. The van der Waals surface area contributed by atoms with Crippen molar-refractivity contribution in [3.8, 4) is 5.75 Å². The fourth-order valence-corrected chi connectivity index (χ4v) is 10.4. The van der Waals surface area contributed by atoms with E-state index in [0.29, 0.717) is 44.6 Å². The van der Waals surface area contributed by atoms with E-state index in [1.54, 1.807) is 34.1 Å². The van der Waals surface area contributed by atoms with E-state index in [4.69, 9.17) is 30.5 Å². The number of carbonyl (C=O) groups excluding carboxylic acids is 1. The number of methoxy groups -OCH3 is 2. The average molecular weight is 830 g/mol. The van der Waals surface area contributed by atoms with Gasteiger partial charge in [-0.3, -0.25) is 14.6 Å². The lowest BCUT2D eigenvalue weighted by Gasteiger charge is -2.52. The quantitative estimate of drug-likeness (QED) is 0.182. The summed E-state index contributed by atoms with van der Waals surface area (Å²) in [5.74, 6) is 0.645. The monoisotopic (exact) mass is 828 g/mol. The van der Waals surface area contributed by atoms with Gasteiger partial charge in [0.25, 0.3) is 5.91 Å². The van der Waals surface area contributed by atoms with Crippen LogP contribution in [0.25, 0.3) is 0 Å². The number of carbonyl (C=O) groups is 1. The zero-order chi connectivity index (χ0) is 40.8. The Labute approximate surface area is 346 Å². The number of halogens is 1. The van der Waals surface area contributed by atoms with Crippen molar-refractivity contribution in [1.29, 1.82) is 0 Å². The van der Waals surface area contributed by atoms with Crippen LogP contribution >= 0.6 is 11.6 Å². The molecule has 1 saturated carbocycles. The third kappa shape index (κ3) is 9.85. The summed E-state index contributed by atoms with van der Waals surface area (Å²) in [4.78, 5) is 21.0. The molecule has 0 radical (unpaired) electrons. The molecule has 4 aliphatic rings. The van der Waals surface area contributed by atoms with Crippen LogP contribution in [0.2, 0.25) is 5.02 Å². The van der Waals surface area contributed by atoms with Crippen molar-refractivity contribution >= 4 is 33.2 Å². The number of allylic oxidation sites excluding steroid dienone is 1. The van der Waals surface area contributed by atoms with Gasteiger partial charge in [0.2, 0.25) is 10.0 Å². The summed E-state index contributed by atoms with van der Waals surface area (Å²) in [6.07, 6.45) is 10.6. The number of hydrogen-bond acceptors (Lipinski definition) is 10. The Hall–Kier alpha value is -2.71. The van der Waals surface area contributed by atoms with Crippen LogP contribution in [0.15, 0.2) is 48.6 Å². The van der Waals surface area contributed by atoms with Gasteiger partial charge >= 0.3 is 0 Å². The topological polar surface area (TPSA) is 110 Å². The maximum absolute atomic E-state index is 13.5. The van der Waals surface area contributed by atoms with Crippen LogP contribution in [-0.2, 0) is 36.1 Å². The molecule has 0 aromatic heterocycles. The second-order valence-corrected chi connectivity index (χ2v) is 19.5. The smallest absolute Gasteiger partial charge is 0.264 e. The van der Waals surface area contributed by atoms with Crippen molar-refractivity contribution in [3.63, 3.8) is 0 Å². The standard InChI is InChI=1S/C44H65ClN4O7S/c1-7-9-19-44(56-8-2,30-47-20-22-48(23-21-47)37(27-53-5)28-54-6)39-15-12-35(39)26-49-29-43(18-10-11-33-24-36(45)14-16-38(33)43)31-55-41-17-13-34(25-40(41)49)42(50)46-57(51,52)32(3)4/h9,13-14,16-17,19,24-25,32,35,37,39H,7-8,10-12,15,18,20-23,26-31H2,1-6H3,(H,46,50)/b19-9+/t35-,39+,43-,44+/m0/s1. The van der Waals surface area contributed by atoms with Crippen molar-refractivity contribution in [2.75, 3.05) is 91.4 Å². The Balaban J connectivity index is 1.31. The molecule has 11 nitrogen and oxygen atoms in total. The van der Waals surface area contributed by atoms with Gasteiger partial charge in [0.1, 0.15) is 11.4 Å². The van der Waals surface area contributed by atoms with Gasteiger partial charge in [-0.05, 0) is 113 Å². The van der Waals surface area contributed by atoms with Gasteiger partial charge in [0, 0.05) is 82.6 Å². The third-order valence-electron chi connectivity index (χ3n) is 12.8. The lowest BCUT2D eigenvalue weighted by Crippen LogP contribution is -2.60. The number of benzene rings is 2. The molecule has 2 aliphatic heterocycles.